The maximum atomic E-state index is 4.76. The lowest BCUT2D eigenvalue weighted by atomic mass is 9.78. The minimum atomic E-state index is 0.937. The van der Waals surface area contributed by atoms with E-state index in [0.717, 1.165) is 24.0 Å². The number of hydrogen-bond donors (Lipinski definition) is 0. The Morgan fingerprint density at radius 2 is 1.33 bits per heavy atom. The van der Waals surface area contributed by atoms with Gasteiger partial charge in [-0.05, 0) is 48.3 Å². The van der Waals surface area contributed by atoms with Gasteiger partial charge in [0.05, 0.1) is 5.69 Å². The van der Waals surface area contributed by atoms with Gasteiger partial charge in [0, 0.05) is 11.8 Å². The van der Waals surface area contributed by atoms with Crippen molar-refractivity contribution in [3.8, 4) is 11.3 Å². The average molecular weight is 406 g/mol. The molecular weight excluding hydrogens is 362 g/mol. The summed E-state index contributed by atoms with van der Waals surface area (Å²) in [6, 6.07) is 13.4. The lowest BCUT2D eigenvalue weighted by Crippen LogP contribution is -2.15. The van der Waals surface area contributed by atoms with E-state index in [1.54, 1.807) is 0 Å². The summed E-state index contributed by atoms with van der Waals surface area (Å²) in [6.07, 6.45) is 21.5. The van der Waals surface area contributed by atoms with Gasteiger partial charge in [0.2, 0.25) is 0 Å². The molecule has 30 heavy (non-hydrogen) atoms. The molecule has 1 saturated carbocycles. The van der Waals surface area contributed by atoms with Crippen molar-refractivity contribution in [2.75, 3.05) is 0 Å². The molecule has 1 nitrogen and oxygen atoms in total. The van der Waals surface area contributed by atoms with Gasteiger partial charge in [0.25, 0.3) is 0 Å². The topological polar surface area (TPSA) is 12.9 Å². The van der Waals surface area contributed by atoms with Gasteiger partial charge in [-0.2, -0.15) is 0 Å². The summed E-state index contributed by atoms with van der Waals surface area (Å²) in [4.78, 5) is 4.76. The summed E-state index contributed by atoms with van der Waals surface area (Å²) >= 11 is 0. The molecule has 0 N–H and O–H groups in total. The van der Waals surface area contributed by atoms with Crippen LogP contribution >= 0.6 is 0 Å². The van der Waals surface area contributed by atoms with E-state index in [4.69, 9.17) is 4.98 Å². The lowest BCUT2D eigenvalue weighted by Gasteiger charge is -2.28. The van der Waals surface area contributed by atoms with Crippen LogP contribution in [-0.2, 0) is 12.8 Å². The third-order valence-electron chi connectivity index (χ3n) is 7.14. The van der Waals surface area contributed by atoms with E-state index >= 15 is 0 Å². The van der Waals surface area contributed by atoms with Crippen LogP contribution in [0.5, 0.6) is 0 Å². The molecule has 0 aliphatic heterocycles. The van der Waals surface area contributed by atoms with E-state index < -0.39 is 0 Å². The first-order valence-corrected chi connectivity index (χ1v) is 12.8. The third-order valence-corrected chi connectivity index (χ3v) is 7.14. The number of aromatic nitrogens is 1. The summed E-state index contributed by atoms with van der Waals surface area (Å²) in [6.45, 7) is 4.53. The molecule has 1 fully saturated rings. The summed E-state index contributed by atoms with van der Waals surface area (Å²) in [7, 11) is 0. The highest BCUT2D eigenvalue weighted by Gasteiger charge is 2.20. The second kappa shape index (κ2) is 12.9. The molecule has 1 aliphatic carbocycles. The van der Waals surface area contributed by atoms with Crippen LogP contribution in [0.4, 0.5) is 0 Å². The number of aryl methyl sites for hydroxylation is 2. The zero-order valence-electron chi connectivity index (χ0n) is 19.5. The molecule has 0 bridgehead atoms. The van der Waals surface area contributed by atoms with Gasteiger partial charge in [-0.15, -0.1) is 0 Å². The zero-order chi connectivity index (χ0) is 21.0. The Bertz CT molecular complexity index is 692. The van der Waals surface area contributed by atoms with E-state index in [2.05, 4.69) is 56.4 Å². The van der Waals surface area contributed by atoms with E-state index in [9.17, 15) is 0 Å². The van der Waals surface area contributed by atoms with Crippen molar-refractivity contribution >= 4 is 0 Å². The normalized spacial score (nSPS) is 19.1. The highest BCUT2D eigenvalue weighted by molar-refractivity contribution is 5.59. The van der Waals surface area contributed by atoms with Gasteiger partial charge in [-0.1, -0.05) is 115 Å². The van der Waals surface area contributed by atoms with Gasteiger partial charge in [-0.3, -0.25) is 4.98 Å². The molecule has 1 aromatic heterocycles. The molecule has 0 spiro atoms. The van der Waals surface area contributed by atoms with Gasteiger partial charge in [0.1, 0.15) is 0 Å². The minimum absolute atomic E-state index is 0.937. The lowest BCUT2D eigenvalue weighted by molar-refractivity contribution is 0.248. The van der Waals surface area contributed by atoms with Crippen LogP contribution in [0.2, 0.25) is 0 Å². The van der Waals surface area contributed by atoms with Gasteiger partial charge in [-0.25, -0.2) is 0 Å². The quantitative estimate of drug-likeness (QED) is 0.321. The van der Waals surface area contributed by atoms with E-state index in [-0.39, 0.29) is 0 Å². The maximum absolute atomic E-state index is 4.76. The van der Waals surface area contributed by atoms with Crippen molar-refractivity contribution in [2.45, 2.75) is 104 Å². The number of pyridine rings is 1. The van der Waals surface area contributed by atoms with Crippen LogP contribution in [0.1, 0.15) is 102 Å². The molecule has 0 unspecified atom stereocenters. The molecule has 2 aromatic rings. The Hall–Kier alpha value is -1.63. The number of rotatable bonds is 12. The molecule has 0 radical (unpaired) electrons. The van der Waals surface area contributed by atoms with Crippen LogP contribution in [0, 0.1) is 11.8 Å². The summed E-state index contributed by atoms with van der Waals surface area (Å²) in [5, 5.41) is 0. The van der Waals surface area contributed by atoms with Crippen LogP contribution < -0.4 is 0 Å². The predicted octanol–water partition coefficient (Wildman–Crippen LogP) is 8.80. The van der Waals surface area contributed by atoms with Crippen molar-refractivity contribution < 1.29 is 0 Å². The second-order valence-electron chi connectivity index (χ2n) is 9.63. The first-order valence-electron chi connectivity index (χ1n) is 12.8. The highest BCUT2D eigenvalue weighted by atomic mass is 14.7. The van der Waals surface area contributed by atoms with Crippen LogP contribution in [-0.4, -0.2) is 4.98 Å². The minimum Gasteiger partial charge on any atom is -0.256 e. The fourth-order valence-electron chi connectivity index (χ4n) is 5.09. The number of nitrogens with zero attached hydrogens (tertiary/aromatic N) is 1. The monoisotopic (exact) mass is 405 g/mol. The average Bonchev–Trinajstić information content (AvgIpc) is 2.79. The molecular formula is C29H43N. The van der Waals surface area contributed by atoms with Crippen molar-refractivity contribution in [1.29, 1.82) is 0 Å². The van der Waals surface area contributed by atoms with E-state index in [1.165, 1.54) is 100 Å². The molecule has 3 rings (SSSR count). The van der Waals surface area contributed by atoms with Gasteiger partial charge < -0.3 is 0 Å². The summed E-state index contributed by atoms with van der Waals surface area (Å²) < 4.78 is 0. The van der Waals surface area contributed by atoms with Crippen molar-refractivity contribution in [2.24, 2.45) is 11.8 Å². The highest BCUT2D eigenvalue weighted by Crippen LogP contribution is 2.34. The fourth-order valence-corrected chi connectivity index (χ4v) is 5.09. The second-order valence-corrected chi connectivity index (χ2v) is 9.63. The van der Waals surface area contributed by atoms with Crippen molar-refractivity contribution in [3.05, 3.63) is 53.7 Å². The Morgan fingerprint density at radius 1 is 0.667 bits per heavy atom. The van der Waals surface area contributed by atoms with E-state index in [0.29, 0.717) is 0 Å². The van der Waals surface area contributed by atoms with Crippen LogP contribution in [0.25, 0.3) is 11.3 Å². The number of benzene rings is 1. The smallest absolute Gasteiger partial charge is 0.0702 e. The molecule has 1 aliphatic rings. The Kier molecular flexibility index (Phi) is 9.93. The predicted molar refractivity (Wildman–Crippen MR) is 131 cm³/mol. The van der Waals surface area contributed by atoms with Gasteiger partial charge >= 0.3 is 0 Å². The van der Waals surface area contributed by atoms with E-state index in [1.807, 2.05) is 0 Å². The molecule has 164 valence electrons. The Balaban J connectivity index is 1.36. The Morgan fingerprint density at radius 3 is 1.97 bits per heavy atom. The molecule has 0 saturated heterocycles. The summed E-state index contributed by atoms with van der Waals surface area (Å²) in [5.74, 6) is 1.96. The SMILES string of the molecule is CCCCCCCC1CCC(CCc2ccc(-c3ccc(CCC)cc3)nc2)CC1. The van der Waals surface area contributed by atoms with Crippen LogP contribution in [0.3, 0.4) is 0 Å². The third kappa shape index (κ3) is 7.56. The largest absolute Gasteiger partial charge is 0.256 e. The molecule has 1 aromatic carbocycles. The Labute approximate surface area is 185 Å². The first-order chi connectivity index (χ1) is 14.8. The van der Waals surface area contributed by atoms with Gasteiger partial charge in [0.15, 0.2) is 0 Å². The van der Waals surface area contributed by atoms with Crippen LogP contribution in [0.15, 0.2) is 42.6 Å². The van der Waals surface area contributed by atoms with Crippen molar-refractivity contribution in [3.63, 3.8) is 0 Å². The summed E-state index contributed by atoms with van der Waals surface area (Å²) in [5.41, 5.74) is 5.15. The number of unbranched alkanes of at least 4 members (excludes halogenated alkanes) is 4. The number of hydrogen-bond acceptors (Lipinski definition) is 1. The molecule has 0 atom stereocenters. The fraction of sp³-hybridized carbons (Fsp3) is 0.621. The molecule has 1 heteroatoms. The maximum Gasteiger partial charge on any atom is 0.0702 e. The molecule has 1 heterocycles. The first kappa shape index (κ1) is 23.0. The standard InChI is InChI=1S/C29H43N/c1-3-5-6-7-8-10-25-11-13-26(14-12-25)15-16-27-19-22-29(30-23-27)28-20-17-24(9-4-2)18-21-28/h17-23,25-26H,3-16H2,1-2H3. The zero-order valence-corrected chi connectivity index (χ0v) is 19.5. The molecule has 0 amide bonds. The van der Waals surface area contributed by atoms with Crippen molar-refractivity contribution in [1.82, 2.24) is 4.98 Å².